The summed E-state index contributed by atoms with van der Waals surface area (Å²) >= 11 is 0. The van der Waals surface area contributed by atoms with Gasteiger partial charge in [0.05, 0.1) is 6.10 Å². The topological polar surface area (TPSA) is 55.5 Å². The number of ether oxygens (including phenoxy) is 1. The molecule has 1 aromatic carbocycles. The van der Waals surface area contributed by atoms with Gasteiger partial charge in [0.15, 0.2) is 0 Å². The van der Waals surface area contributed by atoms with E-state index in [9.17, 15) is 5.11 Å². The molecule has 0 radical (unpaired) electrons. The molecule has 0 amide bonds. The molecule has 3 N–H and O–H groups in total. The van der Waals surface area contributed by atoms with Gasteiger partial charge in [-0.2, -0.15) is 0 Å². The highest BCUT2D eigenvalue weighted by atomic mass is 16.5. The maximum atomic E-state index is 10.6. The highest BCUT2D eigenvalue weighted by Crippen LogP contribution is 2.42. The van der Waals surface area contributed by atoms with E-state index in [0.29, 0.717) is 19.8 Å². The standard InChI is InChI=1S/C14H21NO2/c1-11-4-2-3-5-12(11)13(16)14(10-15)6-8-17-9-7-14/h2-5,13,16H,6-10,15H2,1H3/t13-/m0/s1. The van der Waals surface area contributed by atoms with Crippen LogP contribution in [0.5, 0.6) is 0 Å². The van der Waals surface area contributed by atoms with Gasteiger partial charge in [-0.1, -0.05) is 24.3 Å². The summed E-state index contributed by atoms with van der Waals surface area (Å²) in [6.07, 6.45) is 1.18. The molecule has 1 heterocycles. The SMILES string of the molecule is Cc1ccccc1[C@H](O)C1(CN)CCOCC1. The third-order valence-corrected chi connectivity index (χ3v) is 3.96. The monoisotopic (exact) mass is 235 g/mol. The second kappa shape index (κ2) is 5.17. The van der Waals surface area contributed by atoms with Gasteiger partial charge < -0.3 is 15.6 Å². The van der Waals surface area contributed by atoms with Crippen LogP contribution in [0, 0.1) is 12.3 Å². The van der Waals surface area contributed by atoms with Gasteiger partial charge >= 0.3 is 0 Å². The zero-order valence-electron chi connectivity index (χ0n) is 10.4. The van der Waals surface area contributed by atoms with Crippen LogP contribution < -0.4 is 5.73 Å². The fraction of sp³-hybridized carbons (Fsp3) is 0.571. The van der Waals surface area contributed by atoms with Crippen LogP contribution in [-0.2, 0) is 4.74 Å². The zero-order chi connectivity index (χ0) is 12.3. The number of hydrogen-bond donors (Lipinski definition) is 2. The number of aliphatic hydroxyl groups excluding tert-OH is 1. The molecule has 0 bridgehead atoms. The van der Waals surface area contributed by atoms with Crippen molar-refractivity contribution in [3.63, 3.8) is 0 Å². The van der Waals surface area contributed by atoms with Crippen LogP contribution in [0.2, 0.25) is 0 Å². The first-order chi connectivity index (χ1) is 8.19. The maximum absolute atomic E-state index is 10.6. The van der Waals surface area contributed by atoms with Crippen molar-refractivity contribution < 1.29 is 9.84 Å². The Balaban J connectivity index is 2.28. The molecule has 0 saturated carbocycles. The largest absolute Gasteiger partial charge is 0.388 e. The molecule has 1 atom stereocenters. The van der Waals surface area contributed by atoms with Gasteiger partial charge in [-0.05, 0) is 30.9 Å². The van der Waals surface area contributed by atoms with Crippen molar-refractivity contribution >= 4 is 0 Å². The van der Waals surface area contributed by atoms with E-state index < -0.39 is 6.10 Å². The average molecular weight is 235 g/mol. The maximum Gasteiger partial charge on any atom is 0.0862 e. The molecule has 1 aromatic rings. The van der Waals surface area contributed by atoms with Crippen LogP contribution >= 0.6 is 0 Å². The van der Waals surface area contributed by atoms with Gasteiger partial charge in [0.2, 0.25) is 0 Å². The van der Waals surface area contributed by atoms with E-state index in [2.05, 4.69) is 0 Å². The predicted octanol–water partition coefficient (Wildman–Crippen LogP) is 1.78. The smallest absolute Gasteiger partial charge is 0.0862 e. The van der Waals surface area contributed by atoms with E-state index in [1.807, 2.05) is 31.2 Å². The molecule has 0 spiro atoms. The third kappa shape index (κ3) is 2.37. The van der Waals surface area contributed by atoms with Gasteiger partial charge in [-0.3, -0.25) is 0 Å². The second-order valence-corrected chi connectivity index (χ2v) is 4.94. The van der Waals surface area contributed by atoms with E-state index in [-0.39, 0.29) is 5.41 Å². The molecule has 0 aliphatic carbocycles. The summed E-state index contributed by atoms with van der Waals surface area (Å²) in [5, 5.41) is 10.6. The Kier molecular flexibility index (Phi) is 3.82. The summed E-state index contributed by atoms with van der Waals surface area (Å²) in [4.78, 5) is 0. The molecule has 3 heteroatoms. The van der Waals surface area contributed by atoms with Crippen molar-refractivity contribution in [3.05, 3.63) is 35.4 Å². The lowest BCUT2D eigenvalue weighted by atomic mass is 9.72. The van der Waals surface area contributed by atoms with Gasteiger partial charge in [0.25, 0.3) is 0 Å². The number of nitrogens with two attached hydrogens (primary N) is 1. The molecule has 3 nitrogen and oxygen atoms in total. The van der Waals surface area contributed by atoms with Crippen LogP contribution in [0.4, 0.5) is 0 Å². The molecule has 1 fully saturated rings. The van der Waals surface area contributed by atoms with Crippen molar-refractivity contribution in [2.45, 2.75) is 25.9 Å². The summed E-state index contributed by atoms with van der Waals surface area (Å²) in [7, 11) is 0. The Morgan fingerprint density at radius 1 is 1.35 bits per heavy atom. The molecule has 0 unspecified atom stereocenters. The number of benzene rings is 1. The minimum atomic E-state index is -0.488. The van der Waals surface area contributed by atoms with Crippen LogP contribution in [0.15, 0.2) is 24.3 Å². The predicted molar refractivity (Wildman–Crippen MR) is 67.7 cm³/mol. The summed E-state index contributed by atoms with van der Waals surface area (Å²) in [6.45, 7) is 3.92. The van der Waals surface area contributed by atoms with Crippen LogP contribution in [-0.4, -0.2) is 24.9 Å². The van der Waals surface area contributed by atoms with E-state index in [0.717, 1.165) is 24.0 Å². The summed E-state index contributed by atoms with van der Waals surface area (Å²) in [5.41, 5.74) is 7.82. The minimum Gasteiger partial charge on any atom is -0.388 e. The first kappa shape index (κ1) is 12.6. The molecule has 1 saturated heterocycles. The number of aliphatic hydroxyl groups is 1. The van der Waals surface area contributed by atoms with E-state index >= 15 is 0 Å². The summed E-state index contributed by atoms with van der Waals surface area (Å²) in [6, 6.07) is 7.98. The van der Waals surface area contributed by atoms with Crippen molar-refractivity contribution in [1.82, 2.24) is 0 Å². The van der Waals surface area contributed by atoms with Crippen LogP contribution in [0.3, 0.4) is 0 Å². The Morgan fingerprint density at radius 2 is 2.00 bits per heavy atom. The van der Waals surface area contributed by atoms with Crippen LogP contribution in [0.1, 0.15) is 30.1 Å². The molecular formula is C14H21NO2. The van der Waals surface area contributed by atoms with Crippen molar-refractivity contribution in [1.29, 1.82) is 0 Å². The first-order valence-electron chi connectivity index (χ1n) is 6.21. The number of aryl methyl sites for hydroxylation is 1. The molecule has 2 rings (SSSR count). The van der Waals surface area contributed by atoms with E-state index in [4.69, 9.17) is 10.5 Å². The van der Waals surface area contributed by atoms with Gasteiger partial charge in [0.1, 0.15) is 0 Å². The summed E-state index contributed by atoms with van der Waals surface area (Å²) in [5.74, 6) is 0. The molecular weight excluding hydrogens is 214 g/mol. The van der Waals surface area contributed by atoms with Crippen LogP contribution in [0.25, 0.3) is 0 Å². The Morgan fingerprint density at radius 3 is 2.59 bits per heavy atom. The zero-order valence-corrected chi connectivity index (χ0v) is 10.4. The van der Waals surface area contributed by atoms with Gasteiger partial charge in [-0.25, -0.2) is 0 Å². The molecule has 1 aliphatic heterocycles. The lowest BCUT2D eigenvalue weighted by Crippen LogP contribution is -2.41. The number of rotatable bonds is 3. The minimum absolute atomic E-state index is 0.218. The number of hydrogen-bond acceptors (Lipinski definition) is 3. The first-order valence-corrected chi connectivity index (χ1v) is 6.21. The van der Waals surface area contributed by atoms with Gasteiger partial charge in [0, 0.05) is 25.2 Å². The molecule has 17 heavy (non-hydrogen) atoms. The molecule has 0 aromatic heterocycles. The molecule has 94 valence electrons. The Labute approximate surface area is 103 Å². The van der Waals surface area contributed by atoms with E-state index in [1.54, 1.807) is 0 Å². The summed E-state index contributed by atoms with van der Waals surface area (Å²) < 4.78 is 5.38. The fourth-order valence-electron chi connectivity index (χ4n) is 2.59. The van der Waals surface area contributed by atoms with Crippen molar-refractivity contribution in [2.24, 2.45) is 11.1 Å². The third-order valence-electron chi connectivity index (χ3n) is 3.96. The highest BCUT2D eigenvalue weighted by Gasteiger charge is 2.39. The Hall–Kier alpha value is -0.900. The van der Waals surface area contributed by atoms with Crippen molar-refractivity contribution in [3.8, 4) is 0 Å². The van der Waals surface area contributed by atoms with Crippen molar-refractivity contribution in [2.75, 3.05) is 19.8 Å². The van der Waals surface area contributed by atoms with E-state index in [1.165, 1.54) is 0 Å². The quantitative estimate of drug-likeness (QED) is 0.839. The van der Waals surface area contributed by atoms with Gasteiger partial charge in [-0.15, -0.1) is 0 Å². The second-order valence-electron chi connectivity index (χ2n) is 4.94. The fourth-order valence-corrected chi connectivity index (χ4v) is 2.59. The normalized spacial score (nSPS) is 21.1. The molecule has 1 aliphatic rings. The lowest BCUT2D eigenvalue weighted by Gasteiger charge is -2.40. The average Bonchev–Trinajstić information content (AvgIpc) is 2.39. The lowest BCUT2D eigenvalue weighted by molar-refractivity contribution is -0.0583. The Bertz CT molecular complexity index is 372. The highest BCUT2D eigenvalue weighted by molar-refractivity contribution is 5.29.